The number of rotatable bonds is 3. The zero-order valence-corrected chi connectivity index (χ0v) is 14.8. The van der Waals surface area contributed by atoms with Crippen LogP contribution < -0.4 is 0 Å². The molecule has 0 amide bonds. The number of pyridine rings is 1. The Balaban J connectivity index is 1.43. The second-order valence-electron chi connectivity index (χ2n) is 6.96. The zero-order chi connectivity index (χ0) is 18.9. The number of aliphatic imine (C=N–C) groups is 1. The van der Waals surface area contributed by atoms with E-state index in [1.165, 1.54) is 12.3 Å². The van der Waals surface area contributed by atoms with Crippen molar-refractivity contribution >= 4 is 5.71 Å². The molecule has 0 saturated heterocycles. The molecule has 2 aromatic heterocycles. The number of fused-ring (bicyclic) bond motifs is 1. The van der Waals surface area contributed by atoms with Crippen LogP contribution in [0.4, 0.5) is 13.2 Å². The molecule has 0 aromatic carbocycles. The zero-order valence-electron chi connectivity index (χ0n) is 14.8. The third kappa shape index (κ3) is 4.16. The Morgan fingerprint density at radius 3 is 2.63 bits per heavy atom. The van der Waals surface area contributed by atoms with Crippen LogP contribution in [0.2, 0.25) is 0 Å². The number of hydrogen-bond donors (Lipinski definition) is 0. The molecule has 0 fully saturated rings. The van der Waals surface area contributed by atoms with Crippen LogP contribution in [0.25, 0.3) is 0 Å². The first kappa shape index (κ1) is 18.0. The molecule has 0 atom stereocenters. The highest BCUT2D eigenvalue weighted by molar-refractivity contribution is 5.97. The summed E-state index contributed by atoms with van der Waals surface area (Å²) >= 11 is 0. The fourth-order valence-electron chi connectivity index (χ4n) is 3.47. The highest BCUT2D eigenvalue weighted by atomic mass is 19.4. The summed E-state index contributed by atoms with van der Waals surface area (Å²) < 4.78 is 37.8. The van der Waals surface area contributed by atoms with Crippen molar-refractivity contribution in [3.05, 3.63) is 52.9 Å². The standard InChI is InChI=1S/C19H20F3N5/c20-19(21,22)17-5-4-13(9-24-17)11-27-8-6-15-14(12-27)10-25-18(26-15)16-3-1-2-7-23-16/h4-5,9-10H,1-3,6-8,11-12H2. The van der Waals surface area contributed by atoms with Crippen LogP contribution in [-0.4, -0.2) is 38.7 Å². The number of hydrogen-bond acceptors (Lipinski definition) is 5. The Morgan fingerprint density at radius 2 is 1.93 bits per heavy atom. The predicted octanol–water partition coefficient (Wildman–Crippen LogP) is 3.42. The Labute approximate surface area is 155 Å². The molecular formula is C19H20F3N5. The molecular weight excluding hydrogens is 355 g/mol. The molecule has 2 aliphatic rings. The minimum absolute atomic E-state index is 0.555. The molecule has 0 N–H and O–H groups in total. The first-order valence-corrected chi connectivity index (χ1v) is 9.12. The van der Waals surface area contributed by atoms with E-state index in [1.807, 2.05) is 6.20 Å². The van der Waals surface area contributed by atoms with Gasteiger partial charge in [0.1, 0.15) is 5.69 Å². The lowest BCUT2D eigenvalue weighted by Crippen LogP contribution is -2.31. The van der Waals surface area contributed by atoms with Crippen LogP contribution in [-0.2, 0) is 25.7 Å². The van der Waals surface area contributed by atoms with Gasteiger partial charge in [-0.3, -0.25) is 14.9 Å². The Bertz CT molecular complexity index is 845. The SMILES string of the molecule is FC(F)(F)c1ccc(CN2CCc3nc(C4=NCCCC4)ncc3C2)cn1. The smallest absolute Gasteiger partial charge is 0.294 e. The molecule has 142 valence electrons. The van der Waals surface area contributed by atoms with Crippen LogP contribution in [0.3, 0.4) is 0 Å². The maximum atomic E-state index is 12.6. The first-order chi connectivity index (χ1) is 13.0. The van der Waals surface area contributed by atoms with E-state index in [0.717, 1.165) is 73.2 Å². The minimum atomic E-state index is -4.40. The predicted molar refractivity (Wildman–Crippen MR) is 94.3 cm³/mol. The third-order valence-corrected chi connectivity index (χ3v) is 4.92. The minimum Gasteiger partial charge on any atom is -0.294 e. The highest BCUT2D eigenvalue weighted by Gasteiger charge is 2.32. The Kier molecular flexibility index (Phi) is 4.90. The first-order valence-electron chi connectivity index (χ1n) is 9.12. The van der Waals surface area contributed by atoms with Gasteiger partial charge in [0.2, 0.25) is 0 Å². The summed E-state index contributed by atoms with van der Waals surface area (Å²) in [6, 6.07) is 2.53. The fraction of sp³-hybridized carbons (Fsp3) is 0.474. The second kappa shape index (κ2) is 7.34. The lowest BCUT2D eigenvalue weighted by molar-refractivity contribution is -0.141. The molecule has 0 bridgehead atoms. The molecule has 2 aliphatic heterocycles. The molecule has 0 saturated carbocycles. The summed E-state index contributed by atoms with van der Waals surface area (Å²) in [5, 5.41) is 0. The van der Waals surface area contributed by atoms with Gasteiger partial charge in [0.15, 0.2) is 5.82 Å². The topological polar surface area (TPSA) is 54.3 Å². The van der Waals surface area contributed by atoms with Crippen molar-refractivity contribution in [2.45, 2.75) is 44.9 Å². The lowest BCUT2D eigenvalue weighted by Gasteiger charge is -2.28. The van der Waals surface area contributed by atoms with Crippen LogP contribution in [0, 0.1) is 0 Å². The second-order valence-corrected chi connectivity index (χ2v) is 6.96. The van der Waals surface area contributed by atoms with E-state index in [4.69, 9.17) is 4.98 Å². The maximum absolute atomic E-state index is 12.6. The number of nitrogens with zero attached hydrogens (tertiary/aromatic N) is 5. The van der Waals surface area contributed by atoms with Crippen molar-refractivity contribution in [3.63, 3.8) is 0 Å². The average molecular weight is 375 g/mol. The summed E-state index contributed by atoms with van der Waals surface area (Å²) in [6.45, 7) is 2.89. The van der Waals surface area contributed by atoms with Gasteiger partial charge in [0, 0.05) is 50.6 Å². The van der Waals surface area contributed by atoms with E-state index in [-0.39, 0.29) is 0 Å². The van der Waals surface area contributed by atoms with E-state index in [1.54, 1.807) is 0 Å². The van der Waals surface area contributed by atoms with Gasteiger partial charge in [0.25, 0.3) is 0 Å². The van der Waals surface area contributed by atoms with Gasteiger partial charge >= 0.3 is 6.18 Å². The van der Waals surface area contributed by atoms with Crippen LogP contribution >= 0.6 is 0 Å². The normalized spacial score (nSPS) is 18.1. The van der Waals surface area contributed by atoms with Crippen molar-refractivity contribution in [2.75, 3.05) is 13.1 Å². The third-order valence-electron chi connectivity index (χ3n) is 4.92. The number of aromatic nitrogens is 3. The highest BCUT2D eigenvalue weighted by Crippen LogP contribution is 2.27. The lowest BCUT2D eigenvalue weighted by atomic mass is 10.0. The Morgan fingerprint density at radius 1 is 1.04 bits per heavy atom. The number of alkyl halides is 3. The summed E-state index contributed by atoms with van der Waals surface area (Å²) in [7, 11) is 0. The van der Waals surface area contributed by atoms with Gasteiger partial charge in [-0.05, 0) is 30.9 Å². The van der Waals surface area contributed by atoms with Crippen LogP contribution in [0.1, 0.15) is 47.6 Å². The summed E-state index contributed by atoms with van der Waals surface area (Å²) in [5.41, 5.74) is 3.03. The largest absolute Gasteiger partial charge is 0.433 e. The molecule has 2 aromatic rings. The maximum Gasteiger partial charge on any atom is 0.433 e. The van der Waals surface area contributed by atoms with Gasteiger partial charge < -0.3 is 0 Å². The van der Waals surface area contributed by atoms with E-state index in [2.05, 4.69) is 19.9 Å². The van der Waals surface area contributed by atoms with Gasteiger partial charge in [-0.25, -0.2) is 9.97 Å². The molecule has 0 unspecified atom stereocenters. The van der Waals surface area contributed by atoms with Crippen molar-refractivity contribution in [2.24, 2.45) is 4.99 Å². The van der Waals surface area contributed by atoms with Crippen molar-refractivity contribution in [3.8, 4) is 0 Å². The molecule has 0 spiro atoms. The van der Waals surface area contributed by atoms with Crippen LogP contribution in [0.15, 0.2) is 29.5 Å². The van der Waals surface area contributed by atoms with Gasteiger partial charge in [-0.1, -0.05) is 6.07 Å². The number of halogens is 3. The molecule has 27 heavy (non-hydrogen) atoms. The van der Waals surface area contributed by atoms with E-state index >= 15 is 0 Å². The van der Waals surface area contributed by atoms with Crippen molar-refractivity contribution < 1.29 is 13.2 Å². The molecule has 4 heterocycles. The quantitative estimate of drug-likeness (QED) is 0.825. The monoisotopic (exact) mass is 375 g/mol. The van der Waals surface area contributed by atoms with Crippen LogP contribution in [0.5, 0.6) is 0 Å². The van der Waals surface area contributed by atoms with Gasteiger partial charge in [-0.15, -0.1) is 0 Å². The fourth-order valence-corrected chi connectivity index (χ4v) is 3.47. The average Bonchev–Trinajstić information content (AvgIpc) is 2.68. The van der Waals surface area contributed by atoms with Gasteiger partial charge in [-0.2, -0.15) is 13.2 Å². The van der Waals surface area contributed by atoms with E-state index < -0.39 is 11.9 Å². The van der Waals surface area contributed by atoms with E-state index in [9.17, 15) is 13.2 Å². The summed E-state index contributed by atoms with van der Waals surface area (Å²) in [6.07, 6.45) is 2.76. The summed E-state index contributed by atoms with van der Waals surface area (Å²) in [4.78, 5) is 19.4. The molecule has 0 radical (unpaired) electrons. The van der Waals surface area contributed by atoms with Crippen molar-refractivity contribution in [1.82, 2.24) is 19.9 Å². The van der Waals surface area contributed by atoms with E-state index in [0.29, 0.717) is 13.1 Å². The molecule has 8 heteroatoms. The van der Waals surface area contributed by atoms with Gasteiger partial charge in [0.05, 0.1) is 11.4 Å². The molecule has 0 aliphatic carbocycles. The molecule has 4 rings (SSSR count). The Hall–Kier alpha value is -2.35. The molecule has 5 nitrogen and oxygen atoms in total. The summed E-state index contributed by atoms with van der Waals surface area (Å²) in [5.74, 6) is 0.744. The van der Waals surface area contributed by atoms with Crippen molar-refractivity contribution in [1.29, 1.82) is 0 Å².